The lowest BCUT2D eigenvalue weighted by Gasteiger charge is -2.10. The van der Waals surface area contributed by atoms with Gasteiger partial charge in [0.05, 0.1) is 13.3 Å². The first-order chi connectivity index (χ1) is 8.24. The summed E-state index contributed by atoms with van der Waals surface area (Å²) in [5, 5.41) is 6.79. The lowest BCUT2D eigenvalue weighted by Crippen LogP contribution is -2.26. The molecule has 0 saturated heterocycles. The maximum atomic E-state index is 5.24. The van der Waals surface area contributed by atoms with E-state index in [0.29, 0.717) is 6.04 Å². The minimum Gasteiger partial charge on any atom is -0.495 e. The molecule has 96 valence electrons. The molecule has 4 heteroatoms. The molecule has 0 amide bonds. The monoisotopic (exact) mass is 237 g/mol. The minimum atomic E-state index is 0.565. The average Bonchev–Trinajstić information content (AvgIpc) is 2.33. The van der Waals surface area contributed by atoms with Gasteiger partial charge in [0.25, 0.3) is 0 Å². The fourth-order valence-corrected chi connectivity index (χ4v) is 1.57. The molecule has 0 aliphatic rings. The van der Waals surface area contributed by atoms with Crippen LogP contribution in [0, 0.1) is 0 Å². The van der Waals surface area contributed by atoms with Gasteiger partial charge in [0.1, 0.15) is 5.75 Å². The Morgan fingerprint density at radius 2 is 2.18 bits per heavy atom. The van der Waals surface area contributed by atoms with Gasteiger partial charge in [-0.1, -0.05) is 13.8 Å². The maximum Gasteiger partial charge on any atom is 0.141 e. The van der Waals surface area contributed by atoms with Gasteiger partial charge < -0.3 is 15.4 Å². The molecule has 2 N–H and O–H groups in total. The Labute approximate surface area is 104 Å². The Morgan fingerprint density at radius 3 is 2.88 bits per heavy atom. The highest BCUT2D eigenvalue weighted by atomic mass is 16.5. The number of rotatable bonds is 8. The van der Waals surface area contributed by atoms with E-state index in [1.165, 1.54) is 0 Å². The normalized spacial score (nSPS) is 10.8. The molecule has 0 saturated carbocycles. The summed E-state index contributed by atoms with van der Waals surface area (Å²) in [6.07, 6.45) is 4.67. The summed E-state index contributed by atoms with van der Waals surface area (Å²) in [6.45, 7) is 7.21. The van der Waals surface area contributed by atoms with E-state index in [9.17, 15) is 0 Å². The highest BCUT2D eigenvalue weighted by Gasteiger charge is 2.00. The van der Waals surface area contributed by atoms with Crippen molar-refractivity contribution in [3.05, 3.63) is 24.0 Å². The number of ether oxygens (including phenoxy) is 1. The van der Waals surface area contributed by atoms with Crippen LogP contribution in [0.5, 0.6) is 5.75 Å². The first-order valence-electron chi connectivity index (χ1n) is 6.15. The van der Waals surface area contributed by atoms with Crippen LogP contribution in [-0.2, 0) is 6.54 Å². The van der Waals surface area contributed by atoms with Gasteiger partial charge in [0, 0.05) is 24.3 Å². The van der Waals surface area contributed by atoms with Crippen molar-refractivity contribution in [1.82, 2.24) is 15.6 Å². The van der Waals surface area contributed by atoms with E-state index in [4.69, 9.17) is 4.74 Å². The van der Waals surface area contributed by atoms with Crippen LogP contribution in [0.3, 0.4) is 0 Å². The van der Waals surface area contributed by atoms with Gasteiger partial charge in [-0.25, -0.2) is 0 Å². The zero-order chi connectivity index (χ0) is 12.5. The number of pyridine rings is 1. The second-order valence-corrected chi connectivity index (χ2v) is 4.33. The summed E-state index contributed by atoms with van der Waals surface area (Å²) in [5.74, 6) is 0.848. The second-order valence-electron chi connectivity index (χ2n) is 4.33. The number of hydrogen-bond donors (Lipinski definition) is 2. The molecular formula is C13H23N3O. The van der Waals surface area contributed by atoms with Crippen molar-refractivity contribution in [2.75, 3.05) is 20.2 Å². The molecule has 0 bridgehead atoms. The van der Waals surface area contributed by atoms with Crippen LogP contribution in [0.4, 0.5) is 0 Å². The molecule has 1 rings (SSSR count). The zero-order valence-electron chi connectivity index (χ0n) is 11.0. The minimum absolute atomic E-state index is 0.565. The van der Waals surface area contributed by atoms with E-state index in [1.54, 1.807) is 19.5 Å². The smallest absolute Gasteiger partial charge is 0.141 e. The van der Waals surface area contributed by atoms with E-state index in [1.807, 2.05) is 6.07 Å². The van der Waals surface area contributed by atoms with Gasteiger partial charge in [-0.15, -0.1) is 0 Å². The lowest BCUT2D eigenvalue weighted by molar-refractivity contribution is 0.405. The van der Waals surface area contributed by atoms with Gasteiger partial charge in [0.15, 0.2) is 0 Å². The Bertz CT molecular complexity index is 315. The number of hydrogen-bond acceptors (Lipinski definition) is 4. The van der Waals surface area contributed by atoms with Crippen molar-refractivity contribution in [2.24, 2.45) is 0 Å². The quantitative estimate of drug-likeness (QED) is 0.674. The summed E-state index contributed by atoms with van der Waals surface area (Å²) < 4.78 is 5.24. The highest BCUT2D eigenvalue weighted by molar-refractivity contribution is 5.29. The molecular weight excluding hydrogens is 214 g/mol. The average molecular weight is 237 g/mol. The fourth-order valence-electron chi connectivity index (χ4n) is 1.57. The Morgan fingerprint density at radius 1 is 1.35 bits per heavy atom. The molecule has 0 aromatic carbocycles. The largest absolute Gasteiger partial charge is 0.495 e. The van der Waals surface area contributed by atoms with Crippen LogP contribution in [0.25, 0.3) is 0 Å². The zero-order valence-corrected chi connectivity index (χ0v) is 11.0. The van der Waals surface area contributed by atoms with E-state index >= 15 is 0 Å². The first-order valence-corrected chi connectivity index (χ1v) is 6.15. The van der Waals surface area contributed by atoms with Gasteiger partial charge in [-0.05, 0) is 25.6 Å². The molecule has 0 fully saturated rings. The molecule has 17 heavy (non-hydrogen) atoms. The van der Waals surface area contributed by atoms with E-state index in [0.717, 1.165) is 37.4 Å². The van der Waals surface area contributed by atoms with Crippen molar-refractivity contribution < 1.29 is 4.74 Å². The topological polar surface area (TPSA) is 46.2 Å². The second kappa shape index (κ2) is 8.03. The number of aromatic nitrogens is 1. The standard InChI is InChI=1S/C13H23N3O/c1-11(2)16-7-4-6-14-9-12-5-8-15-10-13(12)17-3/h5,8,10-11,14,16H,4,6-7,9H2,1-3H3. The molecule has 0 atom stereocenters. The predicted octanol–water partition coefficient (Wildman–Crippen LogP) is 1.57. The van der Waals surface area contributed by atoms with Crippen molar-refractivity contribution >= 4 is 0 Å². The van der Waals surface area contributed by atoms with E-state index < -0.39 is 0 Å². The highest BCUT2D eigenvalue weighted by Crippen LogP contribution is 2.14. The van der Waals surface area contributed by atoms with Crippen molar-refractivity contribution in [3.8, 4) is 5.75 Å². The summed E-state index contributed by atoms with van der Waals surface area (Å²) >= 11 is 0. The SMILES string of the molecule is COc1cnccc1CNCCCNC(C)C. The van der Waals surface area contributed by atoms with Crippen molar-refractivity contribution in [1.29, 1.82) is 0 Å². The van der Waals surface area contributed by atoms with Gasteiger partial charge >= 0.3 is 0 Å². The van der Waals surface area contributed by atoms with Gasteiger partial charge in [-0.2, -0.15) is 0 Å². The summed E-state index contributed by atoms with van der Waals surface area (Å²) in [4.78, 5) is 4.03. The van der Waals surface area contributed by atoms with Crippen LogP contribution in [-0.4, -0.2) is 31.2 Å². The molecule has 1 aromatic heterocycles. The Hall–Kier alpha value is -1.13. The predicted molar refractivity (Wildman–Crippen MR) is 70.3 cm³/mol. The maximum absolute atomic E-state index is 5.24. The third-order valence-electron chi connectivity index (χ3n) is 2.49. The molecule has 0 radical (unpaired) electrons. The third-order valence-corrected chi connectivity index (χ3v) is 2.49. The number of nitrogens with one attached hydrogen (secondary N) is 2. The Balaban J connectivity index is 2.17. The fraction of sp³-hybridized carbons (Fsp3) is 0.615. The van der Waals surface area contributed by atoms with E-state index in [2.05, 4.69) is 29.5 Å². The third kappa shape index (κ3) is 5.65. The molecule has 4 nitrogen and oxygen atoms in total. The molecule has 0 aliphatic heterocycles. The van der Waals surface area contributed by atoms with Crippen LogP contribution in [0.15, 0.2) is 18.5 Å². The molecule has 0 spiro atoms. The summed E-state index contributed by atoms with van der Waals surface area (Å²) in [6, 6.07) is 2.55. The van der Waals surface area contributed by atoms with Crippen molar-refractivity contribution in [2.45, 2.75) is 32.9 Å². The van der Waals surface area contributed by atoms with Crippen LogP contribution >= 0.6 is 0 Å². The van der Waals surface area contributed by atoms with Gasteiger partial charge in [-0.3, -0.25) is 4.98 Å². The number of nitrogens with zero attached hydrogens (tertiary/aromatic N) is 1. The lowest BCUT2D eigenvalue weighted by atomic mass is 10.2. The molecule has 0 aliphatic carbocycles. The first kappa shape index (κ1) is 13.9. The summed E-state index contributed by atoms with van der Waals surface area (Å²) in [7, 11) is 1.67. The summed E-state index contributed by atoms with van der Waals surface area (Å²) in [5.41, 5.74) is 1.15. The van der Waals surface area contributed by atoms with Crippen LogP contribution in [0.1, 0.15) is 25.8 Å². The van der Waals surface area contributed by atoms with Crippen molar-refractivity contribution in [3.63, 3.8) is 0 Å². The van der Waals surface area contributed by atoms with Gasteiger partial charge in [0.2, 0.25) is 0 Å². The van der Waals surface area contributed by atoms with Crippen LogP contribution in [0.2, 0.25) is 0 Å². The Kier molecular flexibility index (Phi) is 6.58. The molecule has 0 unspecified atom stereocenters. The van der Waals surface area contributed by atoms with Crippen LogP contribution < -0.4 is 15.4 Å². The van der Waals surface area contributed by atoms with E-state index in [-0.39, 0.29) is 0 Å². The number of methoxy groups -OCH3 is 1. The molecule has 1 heterocycles. The molecule has 1 aromatic rings.